The minimum atomic E-state index is -5.00. The van der Waals surface area contributed by atoms with E-state index in [1.165, 1.54) is 18.9 Å². The fourth-order valence-corrected chi connectivity index (χ4v) is 3.50. The number of nitrogens with zero attached hydrogens (tertiary/aromatic N) is 2. The number of ether oxygens (including phenoxy) is 2. The summed E-state index contributed by atoms with van der Waals surface area (Å²) in [6, 6.07) is 3.49. The number of methoxy groups -OCH3 is 1. The Morgan fingerprint density at radius 2 is 1.68 bits per heavy atom. The Bertz CT molecular complexity index is 963. The van der Waals surface area contributed by atoms with Crippen LogP contribution in [0.3, 0.4) is 0 Å². The molecule has 0 spiro atoms. The van der Waals surface area contributed by atoms with Crippen LogP contribution in [-0.4, -0.2) is 29.1 Å². The summed E-state index contributed by atoms with van der Waals surface area (Å²) < 4.78 is 89.7. The van der Waals surface area contributed by atoms with E-state index in [0.717, 1.165) is 0 Å². The van der Waals surface area contributed by atoms with Crippen molar-refractivity contribution in [3.63, 3.8) is 0 Å². The van der Waals surface area contributed by atoms with E-state index in [0.29, 0.717) is 22.3 Å². The largest absolute Gasteiger partial charge is 0.481 e. The van der Waals surface area contributed by atoms with E-state index in [2.05, 4.69) is 20.9 Å². The molecule has 31 heavy (non-hydrogen) atoms. The van der Waals surface area contributed by atoms with Crippen molar-refractivity contribution in [3.8, 4) is 5.88 Å². The van der Waals surface area contributed by atoms with Crippen LogP contribution in [0.15, 0.2) is 34.8 Å². The average molecular weight is 513 g/mol. The van der Waals surface area contributed by atoms with Crippen LogP contribution in [0, 0.1) is 0 Å². The molecule has 2 heterocycles. The SMILES string of the molecule is COc1ccc(Br)c(CN2C(=O)O[C@H](c3cc(C(F)(F)F)cc(C(F)(F)F)c3)[C@@H]2C)n1. The third kappa shape index (κ3) is 4.89. The molecule has 12 heteroatoms. The Labute approximate surface area is 181 Å². The van der Waals surface area contributed by atoms with Crippen molar-refractivity contribution >= 4 is 22.0 Å². The topological polar surface area (TPSA) is 51.7 Å². The van der Waals surface area contributed by atoms with Crippen LogP contribution in [0.1, 0.15) is 35.4 Å². The van der Waals surface area contributed by atoms with Gasteiger partial charge >= 0.3 is 18.4 Å². The van der Waals surface area contributed by atoms with Gasteiger partial charge < -0.3 is 9.47 Å². The predicted octanol–water partition coefficient (Wildman–Crippen LogP) is 5.97. The van der Waals surface area contributed by atoms with Gasteiger partial charge in [-0.2, -0.15) is 26.3 Å². The summed E-state index contributed by atoms with van der Waals surface area (Å²) in [7, 11) is 1.40. The normalized spacial score (nSPS) is 19.5. The van der Waals surface area contributed by atoms with Gasteiger partial charge in [0.1, 0.15) is 6.10 Å². The van der Waals surface area contributed by atoms with Gasteiger partial charge in [-0.25, -0.2) is 9.78 Å². The summed E-state index contributed by atoms with van der Waals surface area (Å²) in [6.07, 6.45) is -12.2. The van der Waals surface area contributed by atoms with Gasteiger partial charge in [-0.1, -0.05) is 0 Å². The zero-order chi connectivity index (χ0) is 23.1. The molecule has 1 aliphatic rings. The number of aromatic nitrogens is 1. The second-order valence-corrected chi connectivity index (χ2v) is 7.65. The number of halogens is 7. The van der Waals surface area contributed by atoms with Gasteiger partial charge in [0.25, 0.3) is 0 Å². The van der Waals surface area contributed by atoms with E-state index >= 15 is 0 Å². The van der Waals surface area contributed by atoms with E-state index in [4.69, 9.17) is 9.47 Å². The van der Waals surface area contributed by atoms with Crippen LogP contribution in [-0.2, 0) is 23.6 Å². The molecule has 0 N–H and O–H groups in total. The highest BCUT2D eigenvalue weighted by Crippen LogP contribution is 2.41. The first-order valence-electron chi connectivity index (χ1n) is 8.77. The number of alkyl halides is 6. The third-order valence-electron chi connectivity index (χ3n) is 4.75. The van der Waals surface area contributed by atoms with Gasteiger partial charge in [-0.05, 0) is 52.7 Å². The lowest BCUT2D eigenvalue weighted by atomic mass is 9.97. The Morgan fingerprint density at radius 1 is 1.10 bits per heavy atom. The number of carbonyl (C=O) groups is 1. The smallest absolute Gasteiger partial charge is 0.416 e. The van der Waals surface area contributed by atoms with E-state index < -0.39 is 47.3 Å². The lowest BCUT2D eigenvalue weighted by molar-refractivity contribution is -0.143. The number of benzene rings is 1. The molecule has 1 aliphatic heterocycles. The monoisotopic (exact) mass is 512 g/mol. The van der Waals surface area contributed by atoms with E-state index in [-0.39, 0.29) is 18.5 Å². The second kappa shape index (κ2) is 8.21. The summed E-state index contributed by atoms with van der Waals surface area (Å²) >= 11 is 3.28. The van der Waals surface area contributed by atoms with Crippen molar-refractivity contribution in [1.82, 2.24) is 9.88 Å². The van der Waals surface area contributed by atoms with E-state index in [1.54, 1.807) is 12.1 Å². The molecule has 1 aromatic carbocycles. The molecule has 1 aromatic heterocycles. The zero-order valence-corrected chi connectivity index (χ0v) is 17.6. The van der Waals surface area contributed by atoms with Gasteiger partial charge in [0.2, 0.25) is 5.88 Å². The highest BCUT2D eigenvalue weighted by Gasteiger charge is 2.43. The quantitative estimate of drug-likeness (QED) is 0.473. The third-order valence-corrected chi connectivity index (χ3v) is 5.47. The summed E-state index contributed by atoms with van der Waals surface area (Å²) in [5.74, 6) is 0.266. The molecular weight excluding hydrogens is 498 g/mol. The maximum Gasteiger partial charge on any atom is 0.416 e. The van der Waals surface area contributed by atoms with Gasteiger partial charge in [-0.15, -0.1) is 0 Å². The zero-order valence-electron chi connectivity index (χ0n) is 16.0. The number of carbonyl (C=O) groups excluding carboxylic acids is 1. The number of hydrogen-bond acceptors (Lipinski definition) is 4. The fourth-order valence-electron chi connectivity index (χ4n) is 3.15. The fraction of sp³-hybridized carbons (Fsp3) is 0.368. The van der Waals surface area contributed by atoms with Crippen LogP contribution < -0.4 is 4.74 Å². The lowest BCUT2D eigenvalue weighted by Gasteiger charge is -2.22. The Morgan fingerprint density at radius 3 is 2.19 bits per heavy atom. The van der Waals surface area contributed by atoms with Crippen molar-refractivity contribution < 1.29 is 40.6 Å². The molecule has 5 nitrogen and oxygen atoms in total. The predicted molar refractivity (Wildman–Crippen MR) is 99.2 cm³/mol. The van der Waals surface area contributed by atoms with Gasteiger partial charge in [0, 0.05) is 10.5 Å². The second-order valence-electron chi connectivity index (χ2n) is 6.79. The molecule has 2 atom stereocenters. The van der Waals surface area contributed by atoms with Crippen molar-refractivity contribution in [1.29, 1.82) is 0 Å². The maximum atomic E-state index is 13.2. The summed E-state index contributed by atoms with van der Waals surface area (Å²) in [4.78, 5) is 17.8. The van der Waals surface area contributed by atoms with Gasteiger partial charge in [-0.3, -0.25) is 4.90 Å². The maximum absolute atomic E-state index is 13.2. The van der Waals surface area contributed by atoms with Crippen LogP contribution in [0.4, 0.5) is 31.1 Å². The van der Waals surface area contributed by atoms with Crippen molar-refractivity contribution in [2.45, 2.75) is 38.0 Å². The number of amides is 1. The molecule has 168 valence electrons. The molecule has 0 bridgehead atoms. The first-order chi connectivity index (χ1) is 14.3. The lowest BCUT2D eigenvalue weighted by Crippen LogP contribution is -2.32. The average Bonchev–Trinajstić information content (AvgIpc) is 2.96. The number of pyridine rings is 1. The van der Waals surface area contributed by atoms with Crippen molar-refractivity contribution in [3.05, 3.63) is 57.2 Å². The number of cyclic esters (lactones) is 1. The van der Waals surface area contributed by atoms with Crippen molar-refractivity contribution in [2.24, 2.45) is 0 Å². The molecular formula is C19H15BrF6N2O3. The Kier molecular flexibility index (Phi) is 6.14. The molecule has 1 amide bonds. The summed E-state index contributed by atoms with van der Waals surface area (Å²) in [5.41, 5.74) is -2.97. The van der Waals surface area contributed by atoms with E-state index in [9.17, 15) is 31.1 Å². The molecule has 1 fully saturated rings. The first-order valence-corrected chi connectivity index (χ1v) is 9.56. The van der Waals surface area contributed by atoms with Crippen LogP contribution in [0.5, 0.6) is 5.88 Å². The van der Waals surface area contributed by atoms with Crippen LogP contribution in [0.2, 0.25) is 0 Å². The first kappa shape index (κ1) is 23.2. The molecule has 0 saturated carbocycles. The minimum absolute atomic E-state index is 0.0278. The van der Waals surface area contributed by atoms with Crippen LogP contribution >= 0.6 is 15.9 Å². The highest BCUT2D eigenvalue weighted by molar-refractivity contribution is 9.10. The molecule has 2 aromatic rings. The summed E-state index contributed by atoms with van der Waals surface area (Å²) in [5, 5.41) is 0. The molecule has 3 rings (SSSR count). The molecule has 0 radical (unpaired) electrons. The standard InChI is InChI=1S/C19H15BrF6N2O3/c1-9-16(10-5-11(18(21,22)23)7-12(6-10)19(24,25)26)31-17(29)28(9)8-14-13(20)3-4-15(27-14)30-2/h3-7,9,16H,8H2,1-2H3/t9-,16-/m0/s1. The van der Waals surface area contributed by atoms with Gasteiger partial charge in [0.05, 0.1) is 36.5 Å². The number of hydrogen-bond donors (Lipinski definition) is 0. The summed E-state index contributed by atoms with van der Waals surface area (Å²) in [6.45, 7) is 1.37. The minimum Gasteiger partial charge on any atom is -0.481 e. The molecule has 0 unspecified atom stereocenters. The Balaban J connectivity index is 1.96. The number of rotatable bonds is 4. The van der Waals surface area contributed by atoms with Crippen LogP contribution in [0.25, 0.3) is 0 Å². The highest BCUT2D eigenvalue weighted by atomic mass is 79.9. The molecule has 1 saturated heterocycles. The van der Waals surface area contributed by atoms with Crippen molar-refractivity contribution in [2.75, 3.05) is 7.11 Å². The molecule has 0 aliphatic carbocycles. The van der Waals surface area contributed by atoms with E-state index in [1.807, 2.05) is 0 Å². The Hall–Kier alpha value is -2.50. The van der Waals surface area contributed by atoms with Gasteiger partial charge in [0.15, 0.2) is 0 Å².